The van der Waals surface area contributed by atoms with Gasteiger partial charge in [0, 0.05) is 18.3 Å². The Morgan fingerprint density at radius 2 is 2.18 bits per heavy atom. The van der Waals surface area contributed by atoms with E-state index in [1.54, 1.807) is 16.9 Å². The number of aromatic nitrogens is 2. The molecule has 0 spiro atoms. The number of hydrogen-bond acceptors (Lipinski definition) is 3. The highest BCUT2D eigenvalue weighted by Crippen LogP contribution is 2.20. The standard InChI is InChI=1S/C16H20ClN3O2/c1-3-16(2,8-9-21)19-15(22)12-10-18-20(11-12)14-7-5-4-6-13(14)17/h4-7,10-11,21H,3,8-9H2,1-2H3,(H,19,22). The molecule has 1 amide bonds. The van der Waals surface area contributed by atoms with Crippen molar-refractivity contribution in [2.45, 2.75) is 32.2 Å². The number of hydrogen-bond donors (Lipinski definition) is 2. The maximum absolute atomic E-state index is 12.3. The van der Waals surface area contributed by atoms with Crippen LogP contribution in [0, 0.1) is 0 Å². The molecule has 1 unspecified atom stereocenters. The van der Waals surface area contributed by atoms with Crippen molar-refractivity contribution < 1.29 is 9.90 Å². The number of aliphatic hydroxyl groups excluding tert-OH is 1. The number of aliphatic hydroxyl groups is 1. The van der Waals surface area contributed by atoms with Crippen LogP contribution in [-0.2, 0) is 0 Å². The predicted molar refractivity (Wildman–Crippen MR) is 86.4 cm³/mol. The number of para-hydroxylation sites is 1. The van der Waals surface area contributed by atoms with Crippen molar-refractivity contribution in [3.8, 4) is 5.69 Å². The van der Waals surface area contributed by atoms with Crippen molar-refractivity contribution in [3.63, 3.8) is 0 Å². The molecule has 0 aliphatic heterocycles. The summed E-state index contributed by atoms with van der Waals surface area (Å²) in [6.45, 7) is 3.92. The average Bonchev–Trinajstić information content (AvgIpc) is 2.97. The first-order valence-electron chi connectivity index (χ1n) is 7.22. The molecule has 22 heavy (non-hydrogen) atoms. The van der Waals surface area contributed by atoms with Crippen molar-refractivity contribution in [1.29, 1.82) is 0 Å². The smallest absolute Gasteiger partial charge is 0.254 e. The largest absolute Gasteiger partial charge is 0.396 e. The molecule has 2 N–H and O–H groups in total. The summed E-state index contributed by atoms with van der Waals surface area (Å²) in [7, 11) is 0. The maximum Gasteiger partial charge on any atom is 0.254 e. The van der Waals surface area contributed by atoms with Crippen LogP contribution in [0.2, 0.25) is 5.02 Å². The van der Waals surface area contributed by atoms with E-state index >= 15 is 0 Å². The second-order valence-electron chi connectivity index (χ2n) is 5.47. The molecule has 6 heteroatoms. The van der Waals surface area contributed by atoms with Crippen LogP contribution in [0.15, 0.2) is 36.7 Å². The second kappa shape index (κ2) is 6.94. The van der Waals surface area contributed by atoms with E-state index in [0.717, 1.165) is 12.1 Å². The van der Waals surface area contributed by atoms with Crippen LogP contribution < -0.4 is 5.32 Å². The van der Waals surface area contributed by atoms with E-state index in [-0.39, 0.29) is 12.5 Å². The van der Waals surface area contributed by atoms with Crippen LogP contribution in [-0.4, -0.2) is 32.9 Å². The van der Waals surface area contributed by atoms with Crippen molar-refractivity contribution in [3.05, 3.63) is 47.2 Å². The number of carbonyl (C=O) groups is 1. The first kappa shape index (κ1) is 16.5. The molecule has 0 saturated heterocycles. The Morgan fingerprint density at radius 3 is 2.82 bits per heavy atom. The summed E-state index contributed by atoms with van der Waals surface area (Å²) in [4.78, 5) is 12.3. The number of amides is 1. The molecule has 1 aromatic heterocycles. The summed E-state index contributed by atoms with van der Waals surface area (Å²) in [5.41, 5.74) is 0.743. The van der Waals surface area contributed by atoms with Crippen LogP contribution in [0.4, 0.5) is 0 Å². The molecule has 0 bridgehead atoms. The lowest BCUT2D eigenvalue weighted by molar-refractivity contribution is 0.0886. The zero-order chi connectivity index (χ0) is 16.2. The molecule has 5 nitrogen and oxygen atoms in total. The number of carbonyl (C=O) groups excluding carboxylic acids is 1. The third-order valence-electron chi connectivity index (χ3n) is 3.80. The van der Waals surface area contributed by atoms with Crippen LogP contribution in [0.25, 0.3) is 5.69 Å². The number of nitrogens with zero attached hydrogens (tertiary/aromatic N) is 2. The van der Waals surface area contributed by atoms with E-state index in [1.807, 2.05) is 32.0 Å². The zero-order valence-corrected chi connectivity index (χ0v) is 13.5. The van der Waals surface area contributed by atoms with Gasteiger partial charge in [-0.15, -0.1) is 0 Å². The lowest BCUT2D eigenvalue weighted by Gasteiger charge is -2.28. The minimum absolute atomic E-state index is 0.0313. The highest BCUT2D eigenvalue weighted by molar-refractivity contribution is 6.32. The van der Waals surface area contributed by atoms with Crippen LogP contribution >= 0.6 is 11.6 Å². The Kier molecular flexibility index (Phi) is 5.21. The molecule has 0 saturated carbocycles. The Labute approximate surface area is 134 Å². The molecule has 0 fully saturated rings. The van der Waals surface area contributed by atoms with Crippen LogP contribution in [0.1, 0.15) is 37.0 Å². The maximum atomic E-state index is 12.3. The van der Waals surface area contributed by atoms with E-state index in [4.69, 9.17) is 16.7 Å². The van der Waals surface area contributed by atoms with Crippen LogP contribution in [0.5, 0.6) is 0 Å². The Morgan fingerprint density at radius 1 is 1.45 bits per heavy atom. The fourth-order valence-electron chi connectivity index (χ4n) is 2.13. The van der Waals surface area contributed by atoms with E-state index in [1.165, 1.54) is 6.20 Å². The lowest BCUT2D eigenvalue weighted by atomic mass is 9.94. The van der Waals surface area contributed by atoms with E-state index in [9.17, 15) is 4.79 Å². The van der Waals surface area contributed by atoms with Gasteiger partial charge >= 0.3 is 0 Å². The van der Waals surface area contributed by atoms with E-state index in [0.29, 0.717) is 17.0 Å². The molecule has 1 heterocycles. The summed E-state index contributed by atoms with van der Waals surface area (Å²) < 4.78 is 1.58. The minimum atomic E-state index is -0.432. The van der Waals surface area contributed by atoms with Gasteiger partial charge in [-0.2, -0.15) is 5.10 Å². The highest BCUT2D eigenvalue weighted by atomic mass is 35.5. The molecular formula is C16H20ClN3O2. The monoisotopic (exact) mass is 321 g/mol. The fourth-order valence-corrected chi connectivity index (χ4v) is 2.35. The van der Waals surface area contributed by atoms with Gasteiger partial charge in [-0.3, -0.25) is 4.79 Å². The van der Waals surface area contributed by atoms with Gasteiger partial charge < -0.3 is 10.4 Å². The summed E-state index contributed by atoms with van der Waals surface area (Å²) in [5, 5.41) is 16.8. The van der Waals surface area contributed by atoms with Gasteiger partial charge in [0.25, 0.3) is 5.91 Å². The Hall–Kier alpha value is -1.85. The minimum Gasteiger partial charge on any atom is -0.396 e. The normalized spacial score (nSPS) is 13.6. The third-order valence-corrected chi connectivity index (χ3v) is 4.12. The SMILES string of the molecule is CCC(C)(CCO)NC(=O)c1cnn(-c2ccccc2Cl)c1. The molecule has 2 aromatic rings. The van der Waals surface area contributed by atoms with Crippen molar-refractivity contribution in [2.24, 2.45) is 0 Å². The quantitative estimate of drug-likeness (QED) is 0.859. The Balaban J connectivity index is 2.18. The summed E-state index contributed by atoms with van der Waals surface area (Å²) in [6, 6.07) is 7.30. The average molecular weight is 322 g/mol. The first-order valence-corrected chi connectivity index (χ1v) is 7.60. The van der Waals surface area contributed by atoms with Gasteiger partial charge in [0.05, 0.1) is 22.5 Å². The summed E-state index contributed by atoms with van der Waals surface area (Å²) >= 11 is 6.13. The molecule has 0 radical (unpaired) electrons. The Bertz CT molecular complexity index is 656. The van der Waals surface area contributed by atoms with Gasteiger partial charge in [0.1, 0.15) is 0 Å². The predicted octanol–water partition coefficient (Wildman–Crippen LogP) is 2.81. The molecule has 1 atom stereocenters. The summed E-state index contributed by atoms with van der Waals surface area (Å²) in [5.74, 6) is -0.212. The van der Waals surface area contributed by atoms with Gasteiger partial charge in [-0.1, -0.05) is 30.7 Å². The van der Waals surface area contributed by atoms with Crippen molar-refractivity contribution in [2.75, 3.05) is 6.61 Å². The number of nitrogens with one attached hydrogen (secondary N) is 1. The number of halogens is 1. The number of rotatable bonds is 6. The summed E-state index contributed by atoms with van der Waals surface area (Å²) in [6.07, 6.45) is 4.39. The van der Waals surface area contributed by atoms with Gasteiger partial charge in [0.15, 0.2) is 0 Å². The van der Waals surface area contributed by atoms with Gasteiger partial charge in [-0.05, 0) is 31.9 Å². The second-order valence-corrected chi connectivity index (χ2v) is 5.87. The molecule has 1 aromatic carbocycles. The van der Waals surface area contributed by atoms with E-state index in [2.05, 4.69) is 10.4 Å². The van der Waals surface area contributed by atoms with E-state index < -0.39 is 5.54 Å². The fraction of sp³-hybridized carbons (Fsp3) is 0.375. The molecule has 2 rings (SSSR count). The van der Waals surface area contributed by atoms with Crippen molar-refractivity contribution in [1.82, 2.24) is 15.1 Å². The van der Waals surface area contributed by atoms with Gasteiger partial charge in [0.2, 0.25) is 0 Å². The molecular weight excluding hydrogens is 302 g/mol. The first-order chi connectivity index (χ1) is 10.5. The highest BCUT2D eigenvalue weighted by Gasteiger charge is 2.24. The molecule has 118 valence electrons. The third kappa shape index (κ3) is 3.67. The molecule has 0 aliphatic carbocycles. The van der Waals surface area contributed by atoms with Crippen LogP contribution in [0.3, 0.4) is 0 Å². The lowest BCUT2D eigenvalue weighted by Crippen LogP contribution is -2.46. The topological polar surface area (TPSA) is 67.2 Å². The zero-order valence-electron chi connectivity index (χ0n) is 12.7. The van der Waals surface area contributed by atoms with Crippen molar-refractivity contribution >= 4 is 17.5 Å². The number of benzene rings is 1. The van der Waals surface area contributed by atoms with Gasteiger partial charge in [-0.25, -0.2) is 4.68 Å². The molecule has 0 aliphatic rings.